The highest BCUT2D eigenvalue weighted by Crippen LogP contribution is 2.50. The molecule has 2 N–H and O–H groups in total. The molecule has 2 saturated carbocycles. The van der Waals surface area contributed by atoms with Crippen molar-refractivity contribution in [3.05, 3.63) is 48.0 Å². The Morgan fingerprint density at radius 1 is 1.43 bits per heavy atom. The van der Waals surface area contributed by atoms with E-state index in [1.807, 2.05) is 16.9 Å². The summed E-state index contributed by atoms with van der Waals surface area (Å²) in [7, 11) is 1.55. The summed E-state index contributed by atoms with van der Waals surface area (Å²) in [6, 6.07) is 6.02. The van der Waals surface area contributed by atoms with Crippen LogP contribution in [-0.4, -0.2) is 40.0 Å². The number of methoxy groups -OCH3 is 1. The van der Waals surface area contributed by atoms with Crippen LogP contribution in [-0.2, 0) is 17.8 Å². The predicted molar refractivity (Wildman–Crippen MR) is 101 cm³/mol. The Hall–Kier alpha value is -2.41. The molecule has 0 spiro atoms. The molecule has 2 aliphatic rings. The van der Waals surface area contributed by atoms with Crippen molar-refractivity contribution in [3.63, 3.8) is 0 Å². The lowest BCUT2D eigenvalue weighted by Crippen LogP contribution is -2.44. The van der Waals surface area contributed by atoms with Crippen LogP contribution < -0.4 is 10.1 Å². The fourth-order valence-corrected chi connectivity index (χ4v) is 4.30. The zero-order valence-electron chi connectivity index (χ0n) is 16.0. The molecule has 28 heavy (non-hydrogen) atoms. The number of carbonyl (C=O) groups excluding carboxylic acids is 1. The number of benzene rings is 1. The third-order valence-electron chi connectivity index (χ3n) is 6.05. The lowest BCUT2D eigenvalue weighted by atomic mass is 9.94. The molecule has 1 amide bonds. The molecule has 1 aromatic carbocycles. The highest BCUT2D eigenvalue weighted by Gasteiger charge is 2.51. The number of nitrogens with one attached hydrogen (secondary N) is 1. The van der Waals surface area contributed by atoms with E-state index in [4.69, 9.17) is 4.74 Å². The van der Waals surface area contributed by atoms with E-state index in [1.165, 1.54) is 12.1 Å². The fourth-order valence-electron chi connectivity index (χ4n) is 4.30. The van der Waals surface area contributed by atoms with Gasteiger partial charge in [-0.25, -0.2) is 4.39 Å². The number of nitrogens with zero attached hydrogens (tertiary/aromatic N) is 2. The van der Waals surface area contributed by atoms with E-state index in [9.17, 15) is 14.3 Å². The molecule has 0 bridgehead atoms. The van der Waals surface area contributed by atoms with Crippen molar-refractivity contribution < 1.29 is 19.0 Å². The van der Waals surface area contributed by atoms with Crippen molar-refractivity contribution in [1.29, 1.82) is 0 Å². The average Bonchev–Trinajstić information content (AvgIpc) is 3.11. The van der Waals surface area contributed by atoms with Crippen molar-refractivity contribution in [2.75, 3.05) is 7.11 Å². The van der Waals surface area contributed by atoms with E-state index in [2.05, 4.69) is 10.4 Å². The number of ether oxygens (including phenoxy) is 1. The van der Waals surface area contributed by atoms with Gasteiger partial charge in [0.25, 0.3) is 0 Å². The van der Waals surface area contributed by atoms with Crippen molar-refractivity contribution in [3.8, 4) is 5.75 Å². The lowest BCUT2D eigenvalue weighted by Gasteiger charge is -2.22. The standard InChI is InChI=1S/C21H26FN3O3/c1-28-19-4-3-16(22)11-15(19)12-21(5-6-21)20(27)24-17-9-14(10-18(17)26)13-25-8-2-7-23-25/h2-4,7-8,11,14,17-18,26H,5-6,9-10,12-13H2,1H3,(H,24,27)/t14?,17-,18-/m1/s1. The van der Waals surface area contributed by atoms with Gasteiger partial charge in [0, 0.05) is 18.9 Å². The zero-order chi connectivity index (χ0) is 19.7. The molecule has 6 nitrogen and oxygen atoms in total. The van der Waals surface area contributed by atoms with Gasteiger partial charge >= 0.3 is 0 Å². The van der Waals surface area contributed by atoms with Gasteiger partial charge in [-0.15, -0.1) is 0 Å². The molecule has 2 aromatic rings. The molecule has 0 aliphatic heterocycles. The molecule has 1 heterocycles. The monoisotopic (exact) mass is 387 g/mol. The van der Waals surface area contributed by atoms with Gasteiger partial charge in [-0.05, 0) is 67.9 Å². The zero-order valence-corrected chi connectivity index (χ0v) is 16.0. The molecule has 2 fully saturated rings. The van der Waals surface area contributed by atoms with Crippen LogP contribution in [0.2, 0.25) is 0 Å². The first kappa shape index (κ1) is 18.9. The minimum absolute atomic E-state index is 0.0531. The normalized spacial score (nSPS) is 25.5. The molecule has 7 heteroatoms. The number of aliphatic hydroxyl groups is 1. The smallest absolute Gasteiger partial charge is 0.226 e. The van der Waals surface area contributed by atoms with E-state index in [1.54, 1.807) is 19.4 Å². The number of hydrogen-bond donors (Lipinski definition) is 2. The molecule has 150 valence electrons. The predicted octanol–water partition coefficient (Wildman–Crippen LogP) is 2.31. The van der Waals surface area contributed by atoms with Crippen LogP contribution in [0.15, 0.2) is 36.7 Å². The van der Waals surface area contributed by atoms with Crippen molar-refractivity contribution in [2.24, 2.45) is 11.3 Å². The van der Waals surface area contributed by atoms with Gasteiger partial charge in [0.15, 0.2) is 0 Å². The Morgan fingerprint density at radius 3 is 2.93 bits per heavy atom. The Morgan fingerprint density at radius 2 is 2.25 bits per heavy atom. The average molecular weight is 387 g/mol. The van der Waals surface area contributed by atoms with Crippen LogP contribution in [0.25, 0.3) is 0 Å². The number of hydrogen-bond acceptors (Lipinski definition) is 4. The summed E-state index contributed by atoms with van der Waals surface area (Å²) < 4.78 is 20.8. The summed E-state index contributed by atoms with van der Waals surface area (Å²) in [5.74, 6) is 0.488. The highest BCUT2D eigenvalue weighted by atomic mass is 19.1. The van der Waals surface area contributed by atoms with Crippen LogP contribution >= 0.6 is 0 Å². The lowest BCUT2D eigenvalue weighted by molar-refractivity contribution is -0.127. The summed E-state index contributed by atoms with van der Waals surface area (Å²) in [5.41, 5.74) is 0.180. The first-order valence-electron chi connectivity index (χ1n) is 9.78. The first-order valence-corrected chi connectivity index (χ1v) is 9.78. The fraction of sp³-hybridized carbons (Fsp3) is 0.524. The molecule has 1 unspecified atom stereocenters. The van der Waals surface area contributed by atoms with Crippen LogP contribution in [0.4, 0.5) is 4.39 Å². The number of halogens is 1. The number of amides is 1. The summed E-state index contributed by atoms with van der Waals surface area (Å²) in [4.78, 5) is 13.0. The molecule has 4 rings (SSSR count). The van der Waals surface area contributed by atoms with E-state index in [-0.39, 0.29) is 23.7 Å². The highest BCUT2D eigenvalue weighted by molar-refractivity contribution is 5.86. The second kappa shape index (κ2) is 7.54. The number of aromatic nitrogens is 2. The van der Waals surface area contributed by atoms with Crippen LogP contribution in [0, 0.1) is 17.2 Å². The second-order valence-corrected chi connectivity index (χ2v) is 8.13. The molecule has 1 aromatic heterocycles. The quantitative estimate of drug-likeness (QED) is 0.764. The van der Waals surface area contributed by atoms with E-state index in [0.717, 1.165) is 25.8 Å². The number of rotatable bonds is 7. The molecule has 0 radical (unpaired) electrons. The Bertz CT molecular complexity index is 835. The summed E-state index contributed by atoms with van der Waals surface area (Å²) in [6.45, 7) is 0.738. The third kappa shape index (κ3) is 3.90. The minimum atomic E-state index is -0.552. The van der Waals surface area contributed by atoms with Crippen molar-refractivity contribution in [1.82, 2.24) is 15.1 Å². The molecular weight excluding hydrogens is 361 g/mol. The summed E-state index contributed by atoms with van der Waals surface area (Å²) in [6.07, 6.45) is 6.44. The van der Waals surface area contributed by atoms with Gasteiger partial charge in [0.05, 0.1) is 24.7 Å². The van der Waals surface area contributed by atoms with E-state index >= 15 is 0 Å². The number of carbonyl (C=O) groups is 1. The summed E-state index contributed by atoms with van der Waals surface area (Å²) >= 11 is 0. The maximum Gasteiger partial charge on any atom is 0.226 e. The van der Waals surface area contributed by atoms with Crippen molar-refractivity contribution >= 4 is 5.91 Å². The number of aliphatic hydroxyl groups excluding tert-OH is 1. The SMILES string of the molecule is COc1ccc(F)cc1CC1(C(=O)N[C@@H]2CC(Cn3cccn3)C[C@H]2O)CC1. The van der Waals surface area contributed by atoms with Gasteiger partial charge < -0.3 is 15.2 Å². The van der Waals surface area contributed by atoms with E-state index in [0.29, 0.717) is 24.2 Å². The molecule has 3 atom stereocenters. The summed E-state index contributed by atoms with van der Waals surface area (Å²) in [5, 5.41) is 17.7. The van der Waals surface area contributed by atoms with Crippen LogP contribution in [0.5, 0.6) is 5.75 Å². The Kier molecular flexibility index (Phi) is 5.10. The van der Waals surface area contributed by atoms with Crippen molar-refractivity contribution in [2.45, 2.75) is 50.8 Å². The van der Waals surface area contributed by atoms with Gasteiger partial charge in [-0.2, -0.15) is 5.10 Å². The minimum Gasteiger partial charge on any atom is -0.496 e. The maximum atomic E-state index is 13.7. The molecule has 0 saturated heterocycles. The topological polar surface area (TPSA) is 76.4 Å². The Balaban J connectivity index is 1.39. The largest absolute Gasteiger partial charge is 0.496 e. The maximum absolute atomic E-state index is 13.7. The second-order valence-electron chi connectivity index (χ2n) is 8.13. The molecular formula is C21H26FN3O3. The van der Waals surface area contributed by atoms with Gasteiger partial charge in [0.2, 0.25) is 5.91 Å². The first-order chi connectivity index (χ1) is 13.5. The van der Waals surface area contributed by atoms with Gasteiger partial charge in [0.1, 0.15) is 11.6 Å². The van der Waals surface area contributed by atoms with Gasteiger partial charge in [-0.3, -0.25) is 9.48 Å². The third-order valence-corrected chi connectivity index (χ3v) is 6.05. The van der Waals surface area contributed by atoms with E-state index < -0.39 is 11.5 Å². The van der Waals surface area contributed by atoms with Crippen LogP contribution in [0.3, 0.4) is 0 Å². The van der Waals surface area contributed by atoms with Crippen LogP contribution in [0.1, 0.15) is 31.2 Å². The van der Waals surface area contributed by atoms with Gasteiger partial charge in [-0.1, -0.05) is 0 Å². The molecule has 2 aliphatic carbocycles. The Labute approximate surface area is 163 Å².